The number of aryl methyl sites for hydroxylation is 2. The molecule has 2 aromatic carbocycles. The van der Waals surface area contributed by atoms with E-state index in [0.717, 1.165) is 6.42 Å². The summed E-state index contributed by atoms with van der Waals surface area (Å²) in [5.74, 6) is 0. The van der Waals surface area contributed by atoms with Gasteiger partial charge < -0.3 is 5.73 Å². The van der Waals surface area contributed by atoms with E-state index in [0.29, 0.717) is 6.54 Å². The summed E-state index contributed by atoms with van der Waals surface area (Å²) in [4.78, 5) is 0. The Bertz CT molecular complexity index is 542. The summed E-state index contributed by atoms with van der Waals surface area (Å²) in [5, 5.41) is 0. The maximum Gasteiger partial charge on any atom is 0.00902 e. The maximum atomic E-state index is 6.09. The SMILES string of the molecule is Cc1ccc(CC(C)(CN)c2ccccc2C)cc1. The summed E-state index contributed by atoms with van der Waals surface area (Å²) >= 11 is 0. The molecule has 0 heterocycles. The van der Waals surface area contributed by atoms with Crippen LogP contribution in [0, 0.1) is 13.8 Å². The van der Waals surface area contributed by atoms with Crippen LogP contribution in [0.2, 0.25) is 0 Å². The second kappa shape index (κ2) is 5.58. The molecule has 0 spiro atoms. The van der Waals surface area contributed by atoms with Crippen molar-refractivity contribution in [3.05, 3.63) is 70.8 Å². The van der Waals surface area contributed by atoms with Crippen LogP contribution in [0.5, 0.6) is 0 Å². The summed E-state index contributed by atoms with van der Waals surface area (Å²) in [7, 11) is 0. The lowest BCUT2D eigenvalue weighted by Gasteiger charge is -2.30. The quantitative estimate of drug-likeness (QED) is 0.882. The molecule has 0 bridgehead atoms. The van der Waals surface area contributed by atoms with Gasteiger partial charge in [-0.1, -0.05) is 61.0 Å². The first kappa shape index (κ1) is 13.8. The van der Waals surface area contributed by atoms with Crippen LogP contribution in [0.1, 0.15) is 29.2 Å². The zero-order valence-electron chi connectivity index (χ0n) is 12.1. The van der Waals surface area contributed by atoms with E-state index in [1.807, 2.05) is 0 Å². The van der Waals surface area contributed by atoms with Gasteiger partial charge in [0.25, 0.3) is 0 Å². The number of rotatable bonds is 4. The van der Waals surface area contributed by atoms with Crippen molar-refractivity contribution in [1.82, 2.24) is 0 Å². The topological polar surface area (TPSA) is 26.0 Å². The minimum absolute atomic E-state index is 0.000597. The fraction of sp³-hybridized carbons (Fsp3) is 0.333. The van der Waals surface area contributed by atoms with E-state index in [1.54, 1.807) is 0 Å². The molecule has 0 saturated heterocycles. The van der Waals surface area contributed by atoms with Crippen molar-refractivity contribution in [1.29, 1.82) is 0 Å². The number of benzene rings is 2. The molecule has 0 amide bonds. The normalized spacial score (nSPS) is 14.1. The van der Waals surface area contributed by atoms with Gasteiger partial charge in [-0.05, 0) is 37.0 Å². The van der Waals surface area contributed by atoms with E-state index >= 15 is 0 Å². The van der Waals surface area contributed by atoms with Gasteiger partial charge in [0.2, 0.25) is 0 Å². The highest BCUT2D eigenvalue weighted by Gasteiger charge is 2.26. The van der Waals surface area contributed by atoms with Gasteiger partial charge in [-0.2, -0.15) is 0 Å². The molecular formula is C18H23N. The smallest absolute Gasteiger partial charge is 0.00902 e. The average Bonchev–Trinajstić information content (AvgIpc) is 2.42. The molecular weight excluding hydrogens is 230 g/mol. The second-order valence-corrected chi connectivity index (χ2v) is 5.74. The Morgan fingerprint density at radius 3 is 2.16 bits per heavy atom. The van der Waals surface area contributed by atoms with E-state index in [4.69, 9.17) is 5.73 Å². The van der Waals surface area contributed by atoms with Gasteiger partial charge in [-0.15, -0.1) is 0 Å². The van der Waals surface area contributed by atoms with E-state index < -0.39 is 0 Å². The summed E-state index contributed by atoms with van der Waals surface area (Å²) in [6.07, 6.45) is 0.981. The summed E-state index contributed by atoms with van der Waals surface area (Å²) in [6, 6.07) is 17.3. The van der Waals surface area contributed by atoms with Gasteiger partial charge in [-0.25, -0.2) is 0 Å². The highest BCUT2D eigenvalue weighted by atomic mass is 14.6. The Hall–Kier alpha value is -1.60. The summed E-state index contributed by atoms with van der Waals surface area (Å²) in [6.45, 7) is 7.20. The highest BCUT2D eigenvalue weighted by Crippen LogP contribution is 2.29. The lowest BCUT2D eigenvalue weighted by Crippen LogP contribution is -2.34. The highest BCUT2D eigenvalue weighted by molar-refractivity contribution is 5.36. The van der Waals surface area contributed by atoms with Gasteiger partial charge in [0.1, 0.15) is 0 Å². The minimum atomic E-state index is 0.000597. The Morgan fingerprint density at radius 1 is 0.947 bits per heavy atom. The fourth-order valence-corrected chi connectivity index (χ4v) is 2.68. The van der Waals surface area contributed by atoms with Crippen LogP contribution in [-0.2, 0) is 11.8 Å². The standard InChI is InChI=1S/C18H23N/c1-14-8-10-16(11-9-14)12-18(3,13-19)17-7-5-4-6-15(17)2/h4-11H,12-13,19H2,1-3H3. The fourth-order valence-electron chi connectivity index (χ4n) is 2.68. The van der Waals surface area contributed by atoms with Crippen LogP contribution >= 0.6 is 0 Å². The minimum Gasteiger partial charge on any atom is -0.330 e. The molecule has 0 fully saturated rings. The van der Waals surface area contributed by atoms with Gasteiger partial charge in [0.15, 0.2) is 0 Å². The lowest BCUT2D eigenvalue weighted by molar-refractivity contribution is 0.478. The van der Waals surface area contributed by atoms with Crippen molar-refractivity contribution < 1.29 is 0 Å². The van der Waals surface area contributed by atoms with Crippen LogP contribution in [0.15, 0.2) is 48.5 Å². The molecule has 0 aliphatic rings. The molecule has 19 heavy (non-hydrogen) atoms. The molecule has 2 rings (SSSR count). The second-order valence-electron chi connectivity index (χ2n) is 5.74. The predicted octanol–water partition coefficient (Wildman–Crippen LogP) is 3.76. The molecule has 1 unspecified atom stereocenters. The van der Waals surface area contributed by atoms with Crippen molar-refractivity contribution in [2.45, 2.75) is 32.6 Å². The van der Waals surface area contributed by atoms with Gasteiger partial charge in [0.05, 0.1) is 0 Å². The van der Waals surface area contributed by atoms with Crippen molar-refractivity contribution in [2.24, 2.45) is 5.73 Å². The third-order valence-electron chi connectivity index (χ3n) is 3.96. The molecule has 2 aromatic rings. The van der Waals surface area contributed by atoms with Crippen molar-refractivity contribution in [3.8, 4) is 0 Å². The van der Waals surface area contributed by atoms with Gasteiger partial charge in [-0.3, -0.25) is 0 Å². The Morgan fingerprint density at radius 2 is 1.58 bits per heavy atom. The lowest BCUT2D eigenvalue weighted by atomic mass is 9.75. The van der Waals surface area contributed by atoms with E-state index in [-0.39, 0.29) is 5.41 Å². The molecule has 1 heteroatoms. The molecule has 0 aromatic heterocycles. The molecule has 1 nitrogen and oxygen atoms in total. The molecule has 1 atom stereocenters. The van der Waals surface area contributed by atoms with E-state index in [9.17, 15) is 0 Å². The van der Waals surface area contributed by atoms with Crippen LogP contribution in [0.3, 0.4) is 0 Å². The largest absolute Gasteiger partial charge is 0.330 e. The number of hydrogen-bond acceptors (Lipinski definition) is 1. The van der Waals surface area contributed by atoms with Crippen molar-refractivity contribution >= 4 is 0 Å². The third-order valence-corrected chi connectivity index (χ3v) is 3.96. The maximum absolute atomic E-state index is 6.09. The Labute approximate surface area is 116 Å². The van der Waals surface area contributed by atoms with Crippen molar-refractivity contribution in [2.75, 3.05) is 6.54 Å². The monoisotopic (exact) mass is 253 g/mol. The van der Waals surface area contributed by atoms with Crippen LogP contribution in [-0.4, -0.2) is 6.54 Å². The summed E-state index contributed by atoms with van der Waals surface area (Å²) < 4.78 is 0. The average molecular weight is 253 g/mol. The van der Waals surface area contributed by atoms with Gasteiger partial charge >= 0.3 is 0 Å². The Balaban J connectivity index is 2.33. The first-order valence-corrected chi connectivity index (χ1v) is 6.87. The zero-order valence-corrected chi connectivity index (χ0v) is 12.1. The van der Waals surface area contributed by atoms with E-state index in [2.05, 4.69) is 69.3 Å². The van der Waals surface area contributed by atoms with Crippen LogP contribution in [0.25, 0.3) is 0 Å². The first-order chi connectivity index (χ1) is 9.05. The first-order valence-electron chi connectivity index (χ1n) is 6.87. The third kappa shape index (κ3) is 3.05. The predicted molar refractivity (Wildman–Crippen MR) is 82.5 cm³/mol. The van der Waals surface area contributed by atoms with Crippen LogP contribution in [0.4, 0.5) is 0 Å². The molecule has 0 radical (unpaired) electrons. The molecule has 0 aliphatic carbocycles. The molecule has 100 valence electrons. The molecule has 0 aliphatic heterocycles. The zero-order chi connectivity index (χ0) is 13.9. The van der Waals surface area contributed by atoms with Crippen LogP contribution < -0.4 is 5.73 Å². The number of hydrogen-bond donors (Lipinski definition) is 1. The van der Waals surface area contributed by atoms with E-state index in [1.165, 1.54) is 22.3 Å². The van der Waals surface area contributed by atoms with Crippen molar-refractivity contribution in [3.63, 3.8) is 0 Å². The molecule has 0 saturated carbocycles. The van der Waals surface area contributed by atoms with Gasteiger partial charge in [0, 0.05) is 12.0 Å². The summed E-state index contributed by atoms with van der Waals surface area (Å²) in [5.41, 5.74) is 11.4. The molecule has 2 N–H and O–H groups in total. The Kier molecular flexibility index (Phi) is 4.06. The number of nitrogens with two attached hydrogens (primary N) is 1.